The van der Waals surface area contributed by atoms with E-state index in [1.807, 2.05) is 5.79 Å². The second-order valence-electron chi connectivity index (χ2n) is 20.8. The van der Waals surface area contributed by atoms with Gasteiger partial charge in [-0.2, -0.15) is 0 Å². The summed E-state index contributed by atoms with van der Waals surface area (Å²) in [4.78, 5) is 3.32. The summed E-state index contributed by atoms with van der Waals surface area (Å²) in [6, 6.07) is 5.71. The normalized spacial score (nSPS) is 13.7. The Kier molecular flexibility index (Phi) is 31.5. The molecule has 0 fully saturated rings. The van der Waals surface area contributed by atoms with Crippen LogP contribution in [0, 0.1) is 0 Å². The third-order valence-electron chi connectivity index (χ3n) is 15.4. The van der Waals surface area contributed by atoms with Crippen molar-refractivity contribution in [1.29, 1.82) is 0 Å². The van der Waals surface area contributed by atoms with E-state index in [1.54, 1.807) is 41.9 Å². The number of ether oxygens (including phenoxy) is 1. The molecular formula is C57H106OS2Sn2. The van der Waals surface area contributed by atoms with Crippen molar-refractivity contribution in [2.24, 2.45) is 0 Å². The van der Waals surface area contributed by atoms with Gasteiger partial charge in [-0.25, -0.2) is 0 Å². The van der Waals surface area contributed by atoms with Gasteiger partial charge in [0.1, 0.15) is 0 Å². The number of unbranched alkanes of at least 4 members (excludes halogenated alkanes) is 24. The first kappa shape index (κ1) is 57.1. The molecule has 0 aliphatic carbocycles. The van der Waals surface area contributed by atoms with Gasteiger partial charge in [-0.15, -0.1) is 0 Å². The standard InChI is InChI=1S/C33H52OS2.6C4H9.2Sn/c1-3-5-7-9-11-13-15-17-19-21-25-33(26-22-20-18-16-14-12-10-8-6-4-2)29-23-27-35-31(29)32-30(34-33)24-28-36-32;6*1-3-4-2;;/h23-24H,3-22,25-26H2,1-2H3;6*1,3-4H2,2H3;;. The van der Waals surface area contributed by atoms with Gasteiger partial charge in [-0.05, 0) is 0 Å². The van der Waals surface area contributed by atoms with Crippen molar-refractivity contribution in [2.45, 2.75) is 306 Å². The van der Waals surface area contributed by atoms with Crippen LogP contribution >= 0.6 is 22.7 Å². The first-order valence-corrected chi connectivity index (χ1v) is 45.0. The SMILES string of the molecule is CCCCCCCCCCCCC1(CCCCCCCCCCCC)Oc2c[c]([Sn]([CH2]CCC)([CH2]CCC)[CH2]CCC)sc2-c2s[c]([Sn]([CH2]CCC)([CH2]CCC)[CH2]CCC)cc21. The molecule has 0 saturated heterocycles. The minimum absolute atomic E-state index is 0.137. The molecule has 5 heteroatoms. The molecule has 0 amide bonds. The molecule has 0 atom stereocenters. The molecule has 360 valence electrons. The Hall–Kier alpha value is 0.797. The van der Waals surface area contributed by atoms with Crippen LogP contribution in [0.5, 0.6) is 5.75 Å². The third kappa shape index (κ3) is 18.7. The van der Waals surface area contributed by atoms with Crippen LogP contribution in [0.3, 0.4) is 0 Å². The molecule has 3 rings (SSSR count). The summed E-state index contributed by atoms with van der Waals surface area (Å²) in [7, 11) is 0. The van der Waals surface area contributed by atoms with Gasteiger partial charge in [0.25, 0.3) is 0 Å². The molecule has 1 aliphatic heterocycles. The van der Waals surface area contributed by atoms with E-state index in [-0.39, 0.29) is 5.60 Å². The number of hydrogen-bond donors (Lipinski definition) is 0. The molecule has 1 nitrogen and oxygen atoms in total. The van der Waals surface area contributed by atoms with Crippen molar-refractivity contribution in [3.8, 4) is 15.5 Å². The Balaban J connectivity index is 2.11. The first-order chi connectivity index (χ1) is 30.4. The monoisotopic (exact) mass is 1110 g/mol. The molecule has 0 aromatic carbocycles. The molecule has 0 saturated carbocycles. The van der Waals surface area contributed by atoms with Crippen molar-refractivity contribution in [3.05, 3.63) is 17.7 Å². The van der Waals surface area contributed by atoms with Gasteiger partial charge in [0, 0.05) is 0 Å². The first-order valence-electron chi connectivity index (χ1n) is 28.4. The molecule has 1 aliphatic rings. The van der Waals surface area contributed by atoms with E-state index >= 15 is 0 Å². The Morgan fingerprint density at radius 3 is 0.984 bits per heavy atom. The fraction of sp³-hybridized carbons (Fsp3) is 0.860. The summed E-state index contributed by atoms with van der Waals surface area (Å²) in [5.74, 6) is 1.35. The number of hydrogen-bond acceptors (Lipinski definition) is 3. The number of fused-ring (bicyclic) bond motifs is 3. The topological polar surface area (TPSA) is 9.23 Å². The van der Waals surface area contributed by atoms with E-state index in [9.17, 15) is 0 Å². The van der Waals surface area contributed by atoms with Crippen molar-refractivity contribution >= 4 is 65.2 Å². The predicted octanol–water partition coefficient (Wildman–Crippen LogP) is 20.8. The van der Waals surface area contributed by atoms with Gasteiger partial charge in [0.2, 0.25) is 0 Å². The molecule has 0 radical (unpaired) electrons. The maximum absolute atomic E-state index is 7.94. The maximum atomic E-state index is 7.94. The van der Waals surface area contributed by atoms with Gasteiger partial charge >= 0.3 is 357 Å². The zero-order chi connectivity index (χ0) is 44.8. The molecule has 62 heavy (non-hydrogen) atoms. The van der Waals surface area contributed by atoms with Gasteiger partial charge in [0.05, 0.1) is 0 Å². The summed E-state index contributed by atoms with van der Waals surface area (Å²) < 4.78 is 21.2. The number of rotatable bonds is 42. The van der Waals surface area contributed by atoms with Crippen LogP contribution in [0.15, 0.2) is 12.1 Å². The molecule has 0 N–H and O–H groups in total. The summed E-state index contributed by atoms with van der Waals surface area (Å²) in [5.41, 5.74) is 1.56. The van der Waals surface area contributed by atoms with Crippen LogP contribution in [0.1, 0.15) is 279 Å². The van der Waals surface area contributed by atoms with E-state index in [2.05, 4.69) is 90.2 Å². The van der Waals surface area contributed by atoms with E-state index in [1.165, 1.54) is 224 Å². The van der Waals surface area contributed by atoms with Crippen LogP contribution in [-0.4, -0.2) is 36.8 Å². The van der Waals surface area contributed by atoms with Gasteiger partial charge < -0.3 is 0 Å². The second-order valence-corrected chi connectivity index (χ2v) is 51.2. The number of thiophene rings is 2. The van der Waals surface area contributed by atoms with Crippen LogP contribution in [-0.2, 0) is 5.60 Å². The van der Waals surface area contributed by atoms with Gasteiger partial charge in [0.15, 0.2) is 0 Å². The van der Waals surface area contributed by atoms with E-state index < -0.39 is 36.8 Å². The average molecular weight is 1110 g/mol. The summed E-state index contributed by atoms with van der Waals surface area (Å²) >= 11 is -0.652. The molecule has 0 unspecified atom stereocenters. The van der Waals surface area contributed by atoms with Crippen molar-refractivity contribution in [1.82, 2.24) is 0 Å². The average Bonchev–Trinajstić information content (AvgIpc) is 3.94. The fourth-order valence-electron chi connectivity index (χ4n) is 11.2. The molecule has 3 heterocycles. The van der Waals surface area contributed by atoms with E-state index in [4.69, 9.17) is 4.74 Å². The Morgan fingerprint density at radius 1 is 0.355 bits per heavy atom. The zero-order valence-electron chi connectivity index (χ0n) is 43.2. The zero-order valence-corrected chi connectivity index (χ0v) is 50.5. The van der Waals surface area contributed by atoms with Gasteiger partial charge in [-0.3, -0.25) is 0 Å². The second kappa shape index (κ2) is 34.1. The van der Waals surface area contributed by atoms with Gasteiger partial charge in [-0.1, -0.05) is 52.4 Å². The summed E-state index contributed by atoms with van der Waals surface area (Å²) in [6.45, 7) is 19.4. The Labute approximate surface area is 405 Å². The van der Waals surface area contributed by atoms with Crippen LogP contribution < -0.4 is 10.5 Å². The Bertz CT molecular complexity index is 1310. The summed E-state index contributed by atoms with van der Waals surface area (Å²) in [5, 5.41) is 0. The predicted molar refractivity (Wildman–Crippen MR) is 292 cm³/mol. The minimum atomic E-state index is -2.68. The molecule has 2 aromatic heterocycles. The van der Waals surface area contributed by atoms with Crippen molar-refractivity contribution in [3.63, 3.8) is 0 Å². The van der Waals surface area contributed by atoms with Crippen LogP contribution in [0.25, 0.3) is 9.75 Å². The molecule has 0 bridgehead atoms. The quantitative estimate of drug-likeness (QED) is 0.0476. The summed E-state index contributed by atoms with van der Waals surface area (Å²) in [6.07, 6.45) is 47.4. The molecular weight excluding hydrogens is 1000 g/mol. The van der Waals surface area contributed by atoms with E-state index in [0.717, 1.165) is 0 Å². The third-order valence-corrected chi connectivity index (χ3v) is 54.2. The van der Waals surface area contributed by atoms with Crippen LogP contribution in [0.4, 0.5) is 0 Å². The van der Waals surface area contributed by atoms with Crippen molar-refractivity contribution in [2.75, 3.05) is 0 Å². The van der Waals surface area contributed by atoms with Crippen molar-refractivity contribution < 1.29 is 4.74 Å². The Morgan fingerprint density at radius 2 is 0.645 bits per heavy atom. The molecule has 2 aromatic rings. The fourth-order valence-corrected chi connectivity index (χ4v) is 51.8. The van der Waals surface area contributed by atoms with Crippen LogP contribution in [0.2, 0.25) is 26.6 Å². The molecule has 0 spiro atoms. The van der Waals surface area contributed by atoms with E-state index in [0.29, 0.717) is 0 Å².